The van der Waals surface area contributed by atoms with Crippen molar-refractivity contribution in [3.63, 3.8) is 0 Å². The minimum Gasteiger partial charge on any atom is -0.317 e. The summed E-state index contributed by atoms with van der Waals surface area (Å²) >= 11 is 0. The van der Waals surface area contributed by atoms with E-state index in [2.05, 4.69) is 70.8 Å². The molecule has 0 saturated heterocycles. The molecule has 3 N–H and O–H groups in total. The van der Waals surface area contributed by atoms with E-state index >= 15 is 0 Å². The van der Waals surface area contributed by atoms with Crippen molar-refractivity contribution in [2.75, 3.05) is 20.1 Å². The number of hydrogen-bond acceptors (Lipinski definition) is 3. The number of fused-ring (bicyclic) bond motifs is 1. The molecule has 0 bridgehead atoms. The average molecular weight is 350 g/mol. The fourth-order valence-corrected chi connectivity index (χ4v) is 3.54. The summed E-state index contributed by atoms with van der Waals surface area (Å²) in [4.78, 5) is 0. The van der Waals surface area contributed by atoms with Crippen molar-refractivity contribution in [1.82, 2.24) is 16.2 Å². The molecule has 0 aliphatic carbocycles. The van der Waals surface area contributed by atoms with E-state index in [1.54, 1.807) is 0 Å². The van der Waals surface area contributed by atoms with Gasteiger partial charge in [-0.15, -0.1) is 0 Å². The summed E-state index contributed by atoms with van der Waals surface area (Å²) in [5.74, 6) is 0. The summed E-state index contributed by atoms with van der Waals surface area (Å²) in [5.41, 5.74) is 13.0. The number of hydrogen-bond donors (Lipinski definition) is 3. The normalized spacial score (nSPS) is 18.1. The maximum Gasteiger partial charge on any atom is 0.0350 e. The second-order valence-electron chi connectivity index (χ2n) is 6.92. The molecule has 0 amide bonds. The summed E-state index contributed by atoms with van der Waals surface area (Å²) in [5, 5.41) is 3.57. The van der Waals surface area contributed by atoms with Gasteiger partial charge in [-0.2, -0.15) is 0 Å². The lowest BCUT2D eigenvalue weighted by atomic mass is 9.90. The number of nitrogens with one attached hydrogen (secondary N) is 3. The SMILES string of the molecule is CNNCc1ccc(/C2=C/CCCNCCCCc3ccccc32)cc1. The van der Waals surface area contributed by atoms with Gasteiger partial charge in [-0.05, 0) is 80.1 Å². The van der Waals surface area contributed by atoms with Crippen LogP contribution < -0.4 is 16.2 Å². The first-order valence-corrected chi connectivity index (χ1v) is 9.86. The monoisotopic (exact) mass is 349 g/mol. The summed E-state index contributed by atoms with van der Waals surface area (Å²) in [6.07, 6.45) is 8.38. The van der Waals surface area contributed by atoms with Crippen molar-refractivity contribution in [3.05, 3.63) is 76.9 Å². The lowest BCUT2D eigenvalue weighted by Crippen LogP contribution is -2.26. The third kappa shape index (κ3) is 5.28. The number of rotatable bonds is 4. The molecule has 0 spiro atoms. The van der Waals surface area contributed by atoms with Gasteiger partial charge in [-0.1, -0.05) is 54.6 Å². The Morgan fingerprint density at radius 1 is 0.923 bits per heavy atom. The molecule has 0 atom stereocenters. The Morgan fingerprint density at radius 3 is 2.58 bits per heavy atom. The highest BCUT2D eigenvalue weighted by atomic mass is 15.3. The maximum absolute atomic E-state index is 3.57. The molecule has 0 aromatic heterocycles. The summed E-state index contributed by atoms with van der Waals surface area (Å²) < 4.78 is 0. The first kappa shape index (κ1) is 18.8. The molecule has 3 nitrogen and oxygen atoms in total. The molecule has 3 rings (SSSR count). The van der Waals surface area contributed by atoms with Crippen LogP contribution in [0.1, 0.15) is 47.9 Å². The van der Waals surface area contributed by atoms with E-state index in [9.17, 15) is 0 Å². The zero-order valence-electron chi connectivity index (χ0n) is 15.9. The van der Waals surface area contributed by atoms with Gasteiger partial charge in [-0.3, -0.25) is 10.9 Å². The smallest absolute Gasteiger partial charge is 0.0350 e. The molecule has 0 fully saturated rings. The Bertz CT molecular complexity index is 704. The van der Waals surface area contributed by atoms with Crippen LogP contribution >= 0.6 is 0 Å². The first-order valence-electron chi connectivity index (χ1n) is 9.86. The molecule has 1 aliphatic rings. The number of hydrazine groups is 1. The van der Waals surface area contributed by atoms with Crippen LogP contribution in [0, 0.1) is 0 Å². The molecule has 0 unspecified atom stereocenters. The van der Waals surface area contributed by atoms with E-state index in [0.29, 0.717) is 0 Å². The highest BCUT2D eigenvalue weighted by Gasteiger charge is 2.10. The lowest BCUT2D eigenvalue weighted by Gasteiger charge is -2.16. The van der Waals surface area contributed by atoms with Crippen LogP contribution in [0.25, 0.3) is 5.57 Å². The van der Waals surface area contributed by atoms with E-state index in [0.717, 1.165) is 32.5 Å². The van der Waals surface area contributed by atoms with E-state index < -0.39 is 0 Å². The minimum absolute atomic E-state index is 0.831. The third-order valence-electron chi connectivity index (χ3n) is 5.00. The first-order chi connectivity index (χ1) is 12.9. The van der Waals surface area contributed by atoms with Crippen LogP contribution in [-0.4, -0.2) is 20.1 Å². The second kappa shape index (κ2) is 10.3. The Kier molecular flexibility index (Phi) is 7.44. The van der Waals surface area contributed by atoms with Crippen LogP contribution in [-0.2, 0) is 13.0 Å². The molecule has 1 heterocycles. The highest BCUT2D eigenvalue weighted by Crippen LogP contribution is 2.28. The molecule has 2 aromatic carbocycles. The number of aryl methyl sites for hydroxylation is 1. The predicted octanol–water partition coefficient (Wildman–Crippen LogP) is 4.05. The van der Waals surface area contributed by atoms with Crippen molar-refractivity contribution in [2.45, 2.75) is 38.6 Å². The van der Waals surface area contributed by atoms with E-state index in [4.69, 9.17) is 0 Å². The lowest BCUT2D eigenvalue weighted by molar-refractivity contribution is 0.596. The minimum atomic E-state index is 0.831. The van der Waals surface area contributed by atoms with Crippen LogP contribution in [0.15, 0.2) is 54.6 Å². The molecular formula is C23H31N3. The van der Waals surface area contributed by atoms with E-state index in [1.165, 1.54) is 47.1 Å². The van der Waals surface area contributed by atoms with Gasteiger partial charge in [0, 0.05) is 6.54 Å². The van der Waals surface area contributed by atoms with Crippen LogP contribution in [0.3, 0.4) is 0 Å². The standard InChI is InChI=1S/C23H31N3/c1-24-26-18-19-12-14-21(15-13-19)23-11-5-7-17-25-16-6-4-9-20-8-2-3-10-22(20)23/h2-3,8,10-15,24-26H,4-7,9,16-18H2,1H3/b23-11-. The van der Waals surface area contributed by atoms with E-state index in [1.807, 2.05) is 7.05 Å². The summed E-state index contributed by atoms with van der Waals surface area (Å²) in [6, 6.07) is 17.9. The van der Waals surface area contributed by atoms with Gasteiger partial charge in [0.1, 0.15) is 0 Å². The van der Waals surface area contributed by atoms with Crippen molar-refractivity contribution < 1.29 is 0 Å². The van der Waals surface area contributed by atoms with Gasteiger partial charge in [0.25, 0.3) is 0 Å². The Hall–Kier alpha value is -1.94. The second-order valence-corrected chi connectivity index (χ2v) is 6.92. The Morgan fingerprint density at radius 2 is 1.73 bits per heavy atom. The molecule has 3 heteroatoms. The van der Waals surface area contributed by atoms with Crippen LogP contribution in [0.4, 0.5) is 0 Å². The molecule has 0 radical (unpaired) electrons. The summed E-state index contributed by atoms with van der Waals surface area (Å²) in [7, 11) is 1.90. The zero-order valence-corrected chi connectivity index (χ0v) is 15.9. The Balaban J connectivity index is 1.91. The largest absolute Gasteiger partial charge is 0.317 e. The van der Waals surface area contributed by atoms with Gasteiger partial charge in [0.15, 0.2) is 0 Å². The third-order valence-corrected chi connectivity index (χ3v) is 5.00. The number of allylic oxidation sites excluding steroid dienone is 1. The molecule has 138 valence electrons. The van der Waals surface area contributed by atoms with Crippen molar-refractivity contribution >= 4 is 5.57 Å². The maximum atomic E-state index is 3.57. The predicted molar refractivity (Wildman–Crippen MR) is 111 cm³/mol. The fourth-order valence-electron chi connectivity index (χ4n) is 3.54. The summed E-state index contributed by atoms with van der Waals surface area (Å²) in [6.45, 7) is 3.08. The van der Waals surface area contributed by atoms with Crippen molar-refractivity contribution in [2.24, 2.45) is 0 Å². The van der Waals surface area contributed by atoms with Gasteiger partial charge in [-0.25, -0.2) is 0 Å². The van der Waals surface area contributed by atoms with Gasteiger partial charge in [0.2, 0.25) is 0 Å². The van der Waals surface area contributed by atoms with Crippen LogP contribution in [0.2, 0.25) is 0 Å². The molecular weight excluding hydrogens is 318 g/mol. The quantitative estimate of drug-likeness (QED) is 0.729. The highest BCUT2D eigenvalue weighted by molar-refractivity contribution is 5.81. The molecule has 26 heavy (non-hydrogen) atoms. The number of benzene rings is 2. The molecule has 0 saturated carbocycles. The van der Waals surface area contributed by atoms with E-state index in [-0.39, 0.29) is 0 Å². The van der Waals surface area contributed by atoms with Crippen molar-refractivity contribution in [1.29, 1.82) is 0 Å². The van der Waals surface area contributed by atoms with Gasteiger partial charge >= 0.3 is 0 Å². The van der Waals surface area contributed by atoms with Crippen molar-refractivity contribution in [3.8, 4) is 0 Å². The van der Waals surface area contributed by atoms with Gasteiger partial charge < -0.3 is 5.32 Å². The Labute approximate surface area is 157 Å². The zero-order chi connectivity index (χ0) is 18.0. The molecule has 1 aliphatic heterocycles. The molecule has 2 aromatic rings. The van der Waals surface area contributed by atoms with Crippen LogP contribution in [0.5, 0.6) is 0 Å². The van der Waals surface area contributed by atoms with Gasteiger partial charge in [0.05, 0.1) is 0 Å². The topological polar surface area (TPSA) is 36.1 Å². The average Bonchev–Trinajstić information content (AvgIpc) is 2.68. The fraction of sp³-hybridized carbons (Fsp3) is 0.391.